The van der Waals surface area contributed by atoms with Crippen molar-refractivity contribution in [3.05, 3.63) is 39.1 Å². The van der Waals surface area contributed by atoms with Crippen molar-refractivity contribution in [3.8, 4) is 0 Å². The molecule has 1 N–H and O–H groups in total. The number of rotatable bonds is 0. The van der Waals surface area contributed by atoms with Crippen molar-refractivity contribution in [2.45, 2.75) is 0 Å². The van der Waals surface area contributed by atoms with Gasteiger partial charge in [-0.3, -0.25) is 0 Å². The number of allylic oxidation sites excluding steroid dienone is 2. The van der Waals surface area contributed by atoms with Crippen molar-refractivity contribution in [2.75, 3.05) is 0 Å². The zero-order chi connectivity index (χ0) is 10.4. The highest BCUT2D eigenvalue weighted by atomic mass is 35.5. The normalized spacial score (nSPS) is 15.7. The third-order valence-corrected chi connectivity index (χ3v) is 2.59. The first-order valence-corrected chi connectivity index (χ1v) is 4.73. The first-order chi connectivity index (χ1) is 7.27. The van der Waals surface area contributed by atoms with E-state index in [4.69, 9.17) is 17.0 Å². The second kappa shape index (κ2) is 2.84. The zero-order valence-electron chi connectivity index (χ0n) is 7.53. The van der Waals surface area contributed by atoms with Crippen LogP contribution in [0.15, 0.2) is 22.4 Å². The molecule has 2 heterocycles. The van der Waals surface area contributed by atoms with Gasteiger partial charge in [-0.15, -0.1) is 5.10 Å². The molecule has 1 aliphatic carbocycles. The smallest absolute Gasteiger partial charge is 0.157 e. The first kappa shape index (κ1) is 8.49. The Labute approximate surface area is 89.8 Å². The maximum atomic E-state index is 7.82. The van der Waals surface area contributed by atoms with Crippen molar-refractivity contribution in [1.29, 1.82) is 5.41 Å². The van der Waals surface area contributed by atoms with Gasteiger partial charge in [0, 0.05) is 11.1 Å². The Morgan fingerprint density at radius 3 is 3.07 bits per heavy atom. The lowest BCUT2D eigenvalue weighted by Gasteiger charge is -2.07. The molecule has 0 spiro atoms. The molecule has 1 aliphatic heterocycles. The summed E-state index contributed by atoms with van der Waals surface area (Å²) in [5, 5.41) is 17.1. The molecular formula is C10H5ClN4. The molecule has 0 fully saturated rings. The van der Waals surface area contributed by atoms with Crippen LogP contribution in [0, 0.1) is 5.41 Å². The Morgan fingerprint density at radius 2 is 2.20 bits per heavy atom. The van der Waals surface area contributed by atoms with Crippen molar-refractivity contribution >= 4 is 29.6 Å². The van der Waals surface area contributed by atoms with Crippen LogP contribution in [0.25, 0.3) is 6.08 Å². The molecule has 2 aliphatic rings. The van der Waals surface area contributed by atoms with E-state index < -0.39 is 0 Å². The second-order valence-electron chi connectivity index (χ2n) is 3.21. The van der Waals surface area contributed by atoms with Crippen molar-refractivity contribution < 1.29 is 0 Å². The van der Waals surface area contributed by atoms with Crippen molar-refractivity contribution in [3.63, 3.8) is 0 Å². The van der Waals surface area contributed by atoms with E-state index in [9.17, 15) is 0 Å². The van der Waals surface area contributed by atoms with E-state index in [1.165, 1.54) is 0 Å². The lowest BCUT2D eigenvalue weighted by Crippen LogP contribution is -2.29. The average Bonchev–Trinajstić information content (AvgIpc) is 2.66. The Morgan fingerprint density at radius 1 is 1.33 bits per heavy atom. The molecule has 15 heavy (non-hydrogen) atoms. The fourth-order valence-corrected chi connectivity index (χ4v) is 1.90. The summed E-state index contributed by atoms with van der Waals surface area (Å²) >= 11 is 5.95. The van der Waals surface area contributed by atoms with E-state index in [-0.39, 0.29) is 0 Å². The van der Waals surface area contributed by atoms with Gasteiger partial charge in [0.25, 0.3) is 0 Å². The number of hydrogen-bond donors (Lipinski definition) is 1. The molecule has 0 aromatic carbocycles. The third kappa shape index (κ3) is 1.08. The van der Waals surface area contributed by atoms with E-state index in [1.54, 1.807) is 18.4 Å². The largest absolute Gasteiger partial charge is 0.300 e. The standard InChI is InChI=1S/C10H5ClN4/c11-10-9-5(4-13-15-9)8-6(12)2-1-3-7(8)14-10/h1-4,12H. The molecule has 1 aromatic rings. The third-order valence-electron chi connectivity index (χ3n) is 2.33. The van der Waals surface area contributed by atoms with Crippen LogP contribution in [0.1, 0.15) is 11.1 Å². The van der Waals surface area contributed by atoms with Crippen LogP contribution < -0.4 is 10.7 Å². The first-order valence-electron chi connectivity index (χ1n) is 4.35. The van der Waals surface area contributed by atoms with Gasteiger partial charge in [-0.1, -0.05) is 17.7 Å². The molecule has 1 aromatic heterocycles. The van der Waals surface area contributed by atoms with Gasteiger partial charge in [0.2, 0.25) is 0 Å². The molecule has 0 bridgehead atoms. The van der Waals surface area contributed by atoms with Gasteiger partial charge in [-0.2, -0.15) is 5.10 Å². The summed E-state index contributed by atoms with van der Waals surface area (Å²) in [7, 11) is 0. The lowest BCUT2D eigenvalue weighted by atomic mass is 10.0. The summed E-state index contributed by atoms with van der Waals surface area (Å²) in [6.07, 6.45) is 6.93. The van der Waals surface area contributed by atoms with Gasteiger partial charge in [-0.25, -0.2) is 4.98 Å². The lowest BCUT2D eigenvalue weighted by molar-refractivity contribution is 1.12. The predicted molar refractivity (Wildman–Crippen MR) is 58.1 cm³/mol. The number of halogens is 1. The number of nitrogens with one attached hydrogen (secondary N) is 1. The number of pyridine rings is 1. The summed E-state index contributed by atoms with van der Waals surface area (Å²) in [5.41, 5.74) is 1.95. The number of fused-ring (bicyclic) bond motifs is 3. The maximum absolute atomic E-state index is 7.82. The van der Waals surface area contributed by atoms with Crippen LogP contribution in [-0.4, -0.2) is 16.9 Å². The average molecular weight is 217 g/mol. The van der Waals surface area contributed by atoms with Gasteiger partial charge >= 0.3 is 0 Å². The van der Waals surface area contributed by atoms with Crippen LogP contribution in [0.2, 0.25) is 5.15 Å². The highest BCUT2D eigenvalue weighted by Crippen LogP contribution is 2.08. The van der Waals surface area contributed by atoms with Gasteiger partial charge in [0.15, 0.2) is 5.15 Å². The van der Waals surface area contributed by atoms with Crippen LogP contribution in [0.3, 0.4) is 0 Å². The number of aromatic nitrogens is 1. The fraction of sp³-hybridized carbons (Fsp3) is 0. The summed E-state index contributed by atoms with van der Waals surface area (Å²) in [5.74, 6) is 0. The molecule has 0 saturated heterocycles. The molecule has 0 radical (unpaired) electrons. The summed E-state index contributed by atoms with van der Waals surface area (Å²) < 4.78 is 0. The minimum absolute atomic E-state index is 0.334. The van der Waals surface area contributed by atoms with E-state index in [0.29, 0.717) is 21.6 Å². The van der Waals surface area contributed by atoms with E-state index in [1.807, 2.05) is 6.08 Å². The minimum Gasteiger partial charge on any atom is -0.300 e. The molecule has 5 heteroatoms. The van der Waals surface area contributed by atoms with Gasteiger partial charge < -0.3 is 5.41 Å². The molecule has 4 nitrogen and oxygen atoms in total. The van der Waals surface area contributed by atoms with Crippen LogP contribution in [0.4, 0.5) is 0 Å². The summed E-state index contributed by atoms with van der Waals surface area (Å²) in [4.78, 5) is 4.18. The van der Waals surface area contributed by atoms with E-state index in [0.717, 1.165) is 11.1 Å². The molecule has 0 saturated carbocycles. The number of hydrogen-bond acceptors (Lipinski definition) is 4. The molecule has 3 rings (SSSR count). The summed E-state index contributed by atoms with van der Waals surface area (Å²) in [6, 6.07) is 0. The Kier molecular flexibility index (Phi) is 1.61. The van der Waals surface area contributed by atoms with Crippen LogP contribution in [-0.2, 0) is 0 Å². The Bertz CT molecular complexity index is 655. The van der Waals surface area contributed by atoms with Crippen molar-refractivity contribution in [1.82, 2.24) is 4.98 Å². The number of nitrogens with zero attached hydrogens (tertiary/aromatic N) is 3. The fourth-order valence-electron chi connectivity index (χ4n) is 1.67. The zero-order valence-corrected chi connectivity index (χ0v) is 8.28. The second-order valence-corrected chi connectivity index (χ2v) is 3.57. The molecule has 0 atom stereocenters. The molecule has 72 valence electrons. The Balaban J connectivity index is 2.55. The maximum Gasteiger partial charge on any atom is 0.157 e. The topological polar surface area (TPSA) is 61.5 Å². The monoisotopic (exact) mass is 216 g/mol. The molecule has 0 amide bonds. The van der Waals surface area contributed by atoms with E-state index in [2.05, 4.69) is 15.2 Å². The summed E-state index contributed by atoms with van der Waals surface area (Å²) in [6.45, 7) is 0. The van der Waals surface area contributed by atoms with Gasteiger partial charge in [-0.05, 0) is 12.2 Å². The molecular weight excluding hydrogens is 212 g/mol. The minimum atomic E-state index is 0.334. The highest BCUT2D eigenvalue weighted by molar-refractivity contribution is 6.30. The quantitative estimate of drug-likeness (QED) is 0.628. The molecule has 0 unspecified atom stereocenters. The van der Waals surface area contributed by atoms with Gasteiger partial charge in [0.05, 0.1) is 17.3 Å². The van der Waals surface area contributed by atoms with Gasteiger partial charge in [0.1, 0.15) is 5.36 Å². The van der Waals surface area contributed by atoms with Crippen LogP contribution >= 0.6 is 11.6 Å². The van der Waals surface area contributed by atoms with Crippen molar-refractivity contribution in [2.24, 2.45) is 10.2 Å². The van der Waals surface area contributed by atoms with E-state index >= 15 is 0 Å². The predicted octanol–water partition coefficient (Wildman–Crippen LogP) is 0.420. The van der Waals surface area contributed by atoms with Crippen LogP contribution in [0.5, 0.6) is 0 Å². The Hall–Kier alpha value is -1.81. The SMILES string of the molecule is N=C1C=CC=c2nc(Cl)c3c(c21)C=NN=3. The highest BCUT2D eigenvalue weighted by Gasteiger charge is 2.17.